The third-order valence-electron chi connectivity index (χ3n) is 5.10. The minimum atomic E-state index is -0.266. The number of hydrogen-bond acceptors (Lipinski definition) is 4. The normalized spacial score (nSPS) is 11.0. The van der Waals surface area contributed by atoms with Gasteiger partial charge in [0.05, 0.1) is 12.8 Å². The number of carbonyl (C=O) groups excluding carboxylic acids is 1. The van der Waals surface area contributed by atoms with E-state index in [9.17, 15) is 4.79 Å². The van der Waals surface area contributed by atoms with Crippen LogP contribution in [-0.4, -0.2) is 19.6 Å². The van der Waals surface area contributed by atoms with Crippen LogP contribution >= 0.6 is 0 Å². The third kappa shape index (κ3) is 3.63. The largest absolute Gasteiger partial charge is 0.495 e. The zero-order chi connectivity index (χ0) is 20.5. The Hall–Kier alpha value is -3.47. The first-order chi connectivity index (χ1) is 14.0. The van der Waals surface area contributed by atoms with E-state index in [1.165, 1.54) is 0 Å². The zero-order valence-electron chi connectivity index (χ0n) is 17.0. The van der Waals surface area contributed by atoms with Crippen molar-refractivity contribution in [1.29, 1.82) is 0 Å². The van der Waals surface area contributed by atoms with Crippen molar-refractivity contribution in [2.45, 2.75) is 20.8 Å². The van der Waals surface area contributed by atoms with Gasteiger partial charge in [0, 0.05) is 16.8 Å². The van der Waals surface area contributed by atoms with E-state index in [0.717, 1.165) is 38.8 Å². The van der Waals surface area contributed by atoms with Gasteiger partial charge in [-0.3, -0.25) is 4.79 Å². The van der Waals surface area contributed by atoms with Crippen molar-refractivity contribution in [1.82, 2.24) is 0 Å². The van der Waals surface area contributed by atoms with Gasteiger partial charge in [0.15, 0.2) is 6.61 Å². The number of carbonyl (C=O) groups is 1. The molecule has 1 heterocycles. The second-order valence-electron chi connectivity index (χ2n) is 7.19. The van der Waals surface area contributed by atoms with Crippen LogP contribution in [0, 0.1) is 20.8 Å². The maximum atomic E-state index is 12.5. The number of anilines is 1. The summed E-state index contributed by atoms with van der Waals surface area (Å²) in [6.07, 6.45) is 0. The number of methoxy groups -OCH3 is 1. The fourth-order valence-electron chi connectivity index (χ4n) is 3.50. The summed E-state index contributed by atoms with van der Waals surface area (Å²) in [6.45, 7) is 5.93. The van der Waals surface area contributed by atoms with E-state index in [4.69, 9.17) is 13.9 Å². The van der Waals surface area contributed by atoms with Crippen LogP contribution in [0.1, 0.15) is 16.7 Å². The summed E-state index contributed by atoms with van der Waals surface area (Å²) in [6, 6.07) is 15.5. The average molecular weight is 389 g/mol. The summed E-state index contributed by atoms with van der Waals surface area (Å²) in [7, 11) is 1.58. The molecule has 0 unspecified atom stereocenters. The van der Waals surface area contributed by atoms with Crippen molar-refractivity contribution in [3.8, 4) is 11.5 Å². The molecule has 148 valence electrons. The molecule has 4 aromatic rings. The SMILES string of the molecule is COc1cc2c(cc1NC(=O)COc1cc(C)cc(C)c1C)oc1ccccc12. The van der Waals surface area contributed by atoms with Crippen LogP contribution in [0.15, 0.2) is 52.9 Å². The highest BCUT2D eigenvalue weighted by atomic mass is 16.5. The van der Waals surface area contributed by atoms with Crippen LogP contribution in [0.25, 0.3) is 21.9 Å². The number of amides is 1. The first-order valence-corrected chi connectivity index (χ1v) is 9.46. The van der Waals surface area contributed by atoms with Crippen LogP contribution in [0.4, 0.5) is 5.69 Å². The summed E-state index contributed by atoms with van der Waals surface area (Å²) >= 11 is 0. The maximum Gasteiger partial charge on any atom is 0.262 e. The van der Waals surface area contributed by atoms with Crippen molar-refractivity contribution < 1.29 is 18.7 Å². The predicted molar refractivity (Wildman–Crippen MR) is 115 cm³/mol. The molecule has 1 aromatic heterocycles. The van der Waals surface area contributed by atoms with Gasteiger partial charge in [-0.15, -0.1) is 0 Å². The number of ether oxygens (including phenoxy) is 2. The molecule has 0 bridgehead atoms. The molecular formula is C24H23NO4. The number of para-hydroxylation sites is 1. The number of nitrogens with one attached hydrogen (secondary N) is 1. The highest BCUT2D eigenvalue weighted by Crippen LogP contribution is 2.36. The van der Waals surface area contributed by atoms with E-state index >= 15 is 0 Å². The van der Waals surface area contributed by atoms with E-state index in [1.807, 2.05) is 57.2 Å². The second-order valence-corrected chi connectivity index (χ2v) is 7.19. The Balaban J connectivity index is 1.57. The van der Waals surface area contributed by atoms with Crippen molar-refractivity contribution >= 4 is 33.5 Å². The van der Waals surface area contributed by atoms with Gasteiger partial charge in [-0.25, -0.2) is 0 Å². The Kier molecular flexibility index (Phi) is 4.89. The first kappa shape index (κ1) is 18.9. The lowest BCUT2D eigenvalue weighted by molar-refractivity contribution is -0.118. The van der Waals surface area contributed by atoms with Gasteiger partial charge in [0.2, 0.25) is 0 Å². The summed E-state index contributed by atoms with van der Waals surface area (Å²) in [4.78, 5) is 12.5. The Morgan fingerprint density at radius 1 is 0.966 bits per heavy atom. The summed E-state index contributed by atoms with van der Waals surface area (Å²) < 4.78 is 17.2. The van der Waals surface area contributed by atoms with Crippen LogP contribution in [0.5, 0.6) is 11.5 Å². The maximum absolute atomic E-state index is 12.5. The van der Waals surface area contributed by atoms with Gasteiger partial charge in [-0.2, -0.15) is 0 Å². The highest BCUT2D eigenvalue weighted by Gasteiger charge is 2.15. The molecule has 5 nitrogen and oxygen atoms in total. The van der Waals surface area contributed by atoms with Gasteiger partial charge in [0.25, 0.3) is 5.91 Å². The van der Waals surface area contributed by atoms with Gasteiger partial charge < -0.3 is 19.2 Å². The van der Waals surface area contributed by atoms with Gasteiger partial charge in [-0.1, -0.05) is 24.3 Å². The van der Waals surface area contributed by atoms with Crippen LogP contribution < -0.4 is 14.8 Å². The molecule has 1 N–H and O–H groups in total. The molecule has 5 heteroatoms. The molecule has 0 atom stereocenters. The lowest BCUT2D eigenvalue weighted by Crippen LogP contribution is -2.21. The average Bonchev–Trinajstić information content (AvgIpc) is 3.06. The van der Waals surface area contributed by atoms with E-state index in [1.54, 1.807) is 13.2 Å². The molecule has 1 amide bonds. The summed E-state index contributed by atoms with van der Waals surface area (Å²) in [5.74, 6) is 1.02. The van der Waals surface area contributed by atoms with E-state index in [2.05, 4.69) is 11.4 Å². The topological polar surface area (TPSA) is 60.7 Å². The van der Waals surface area contributed by atoms with Gasteiger partial charge in [-0.05, 0) is 55.7 Å². The number of hydrogen-bond donors (Lipinski definition) is 1. The molecule has 3 aromatic carbocycles. The second kappa shape index (κ2) is 7.51. The van der Waals surface area contributed by atoms with Gasteiger partial charge >= 0.3 is 0 Å². The summed E-state index contributed by atoms with van der Waals surface area (Å²) in [5.41, 5.74) is 5.29. The van der Waals surface area contributed by atoms with Crippen LogP contribution in [0.2, 0.25) is 0 Å². The summed E-state index contributed by atoms with van der Waals surface area (Å²) in [5, 5.41) is 4.82. The number of benzene rings is 3. The van der Waals surface area contributed by atoms with Crippen molar-refractivity contribution in [2.24, 2.45) is 0 Å². The third-order valence-corrected chi connectivity index (χ3v) is 5.10. The van der Waals surface area contributed by atoms with E-state index in [0.29, 0.717) is 17.0 Å². The zero-order valence-corrected chi connectivity index (χ0v) is 17.0. The predicted octanol–water partition coefficient (Wildman–Crippen LogP) is 5.54. The van der Waals surface area contributed by atoms with Gasteiger partial charge in [0.1, 0.15) is 22.7 Å². The Labute approximate surface area is 169 Å². The molecular weight excluding hydrogens is 366 g/mol. The smallest absolute Gasteiger partial charge is 0.262 e. The minimum absolute atomic E-state index is 0.0922. The van der Waals surface area contributed by atoms with Crippen molar-refractivity contribution in [2.75, 3.05) is 19.0 Å². The van der Waals surface area contributed by atoms with Crippen molar-refractivity contribution in [3.63, 3.8) is 0 Å². The molecule has 4 rings (SSSR count). The molecule has 0 fully saturated rings. The quantitative estimate of drug-likeness (QED) is 0.487. The number of furan rings is 1. The Morgan fingerprint density at radius 3 is 2.55 bits per heavy atom. The molecule has 0 aliphatic rings. The molecule has 0 saturated heterocycles. The van der Waals surface area contributed by atoms with Crippen molar-refractivity contribution in [3.05, 3.63) is 65.2 Å². The highest BCUT2D eigenvalue weighted by molar-refractivity contribution is 6.07. The molecule has 29 heavy (non-hydrogen) atoms. The molecule has 0 spiro atoms. The number of aryl methyl sites for hydroxylation is 2. The fourth-order valence-corrected chi connectivity index (χ4v) is 3.50. The lowest BCUT2D eigenvalue weighted by atomic mass is 10.1. The molecule has 0 radical (unpaired) electrons. The number of fused-ring (bicyclic) bond motifs is 3. The molecule has 0 saturated carbocycles. The Bertz CT molecular complexity index is 1220. The molecule has 0 aliphatic carbocycles. The van der Waals surface area contributed by atoms with Crippen LogP contribution in [0.3, 0.4) is 0 Å². The first-order valence-electron chi connectivity index (χ1n) is 9.46. The monoisotopic (exact) mass is 389 g/mol. The minimum Gasteiger partial charge on any atom is -0.495 e. The standard InChI is InChI=1S/C24H23NO4/c1-14-9-15(2)16(3)21(10-14)28-13-24(26)25-19-12-22-18(11-23(19)27-4)17-7-5-6-8-20(17)29-22/h5-12H,13H2,1-4H3,(H,25,26). The number of rotatable bonds is 5. The lowest BCUT2D eigenvalue weighted by Gasteiger charge is -2.13. The fraction of sp³-hybridized carbons (Fsp3) is 0.208. The Morgan fingerprint density at radius 2 is 1.76 bits per heavy atom. The van der Waals surface area contributed by atoms with E-state index < -0.39 is 0 Å². The molecule has 0 aliphatic heterocycles. The van der Waals surface area contributed by atoms with E-state index in [-0.39, 0.29) is 12.5 Å². The van der Waals surface area contributed by atoms with Crippen LogP contribution in [-0.2, 0) is 4.79 Å².